The van der Waals surface area contributed by atoms with Crippen LogP contribution in [0.4, 0.5) is 5.82 Å². The molecule has 0 radical (unpaired) electrons. The number of nitrogens with one attached hydrogen (secondary N) is 2. The Bertz CT molecular complexity index is 961. The predicted octanol–water partition coefficient (Wildman–Crippen LogP) is 1.15. The number of rotatable bonds is 5. The van der Waals surface area contributed by atoms with E-state index >= 15 is 0 Å². The van der Waals surface area contributed by atoms with Gasteiger partial charge >= 0.3 is 0 Å². The molecule has 27 heavy (non-hydrogen) atoms. The van der Waals surface area contributed by atoms with Crippen molar-refractivity contribution in [2.24, 2.45) is 14.1 Å². The highest BCUT2D eigenvalue weighted by Crippen LogP contribution is 2.14. The van der Waals surface area contributed by atoms with Crippen molar-refractivity contribution in [2.75, 3.05) is 31.6 Å². The van der Waals surface area contributed by atoms with Gasteiger partial charge in [0.2, 0.25) is 0 Å². The Hall–Kier alpha value is -2.54. The van der Waals surface area contributed by atoms with Crippen LogP contribution in [-0.2, 0) is 25.4 Å². The number of nitriles is 1. The lowest BCUT2D eigenvalue weighted by Crippen LogP contribution is -2.45. The van der Waals surface area contributed by atoms with Gasteiger partial charge in [0.05, 0.1) is 12.7 Å². The zero-order chi connectivity index (χ0) is 19.4. The molecule has 0 spiro atoms. The summed E-state index contributed by atoms with van der Waals surface area (Å²) in [4.78, 5) is 6.40. The molecule has 0 amide bonds. The molecule has 0 bridgehead atoms. The number of nitrogens with zero attached hydrogens (tertiary/aromatic N) is 5. The number of ether oxygens (including phenoxy) is 1. The van der Waals surface area contributed by atoms with Gasteiger partial charge in [0.1, 0.15) is 22.9 Å². The Morgan fingerprint density at radius 3 is 2.81 bits per heavy atom. The largest absolute Gasteiger partial charge is 0.374 e. The van der Waals surface area contributed by atoms with Crippen LogP contribution in [0.25, 0.3) is 0 Å². The topological polar surface area (TPSA) is 94.9 Å². The van der Waals surface area contributed by atoms with E-state index in [-0.39, 0.29) is 17.2 Å². The lowest BCUT2D eigenvalue weighted by molar-refractivity contribution is -0.0241. The first-order valence-electron chi connectivity index (χ1n) is 8.72. The molecule has 1 saturated heterocycles. The Balaban J connectivity index is 1.69. The minimum atomic E-state index is -0.0103. The second kappa shape index (κ2) is 8.43. The SMILES string of the molecule is Cn1c(NCC2CN(Cc3ccncc3)CCO2)c(C#N)c(=N)n(C)c1=S. The monoisotopic (exact) mass is 385 g/mol. The molecular weight excluding hydrogens is 362 g/mol. The highest BCUT2D eigenvalue weighted by Gasteiger charge is 2.21. The number of morpholine rings is 1. The van der Waals surface area contributed by atoms with Gasteiger partial charge < -0.3 is 19.2 Å². The van der Waals surface area contributed by atoms with Crippen molar-refractivity contribution in [1.29, 1.82) is 10.7 Å². The average Bonchev–Trinajstić information content (AvgIpc) is 2.69. The van der Waals surface area contributed by atoms with Crippen LogP contribution >= 0.6 is 12.2 Å². The minimum Gasteiger partial charge on any atom is -0.374 e. The fourth-order valence-electron chi connectivity index (χ4n) is 3.18. The van der Waals surface area contributed by atoms with Crippen molar-refractivity contribution in [3.05, 3.63) is 45.9 Å². The standard InChI is InChI=1S/C18H23N7OS/c1-23-16(20)15(9-19)17(24(2)18(23)27)22-10-14-12-25(7-8-26-14)11-13-3-5-21-6-4-13/h3-6,14,20,22H,7-8,10-12H2,1-2H3. The van der Waals surface area contributed by atoms with E-state index in [4.69, 9.17) is 22.4 Å². The van der Waals surface area contributed by atoms with Crippen LogP contribution in [0.3, 0.4) is 0 Å². The van der Waals surface area contributed by atoms with E-state index in [1.54, 1.807) is 31.1 Å². The normalized spacial score (nSPS) is 17.4. The average molecular weight is 385 g/mol. The molecule has 1 aliphatic heterocycles. The molecule has 0 saturated carbocycles. The van der Waals surface area contributed by atoms with Crippen molar-refractivity contribution in [2.45, 2.75) is 12.6 Å². The summed E-state index contributed by atoms with van der Waals surface area (Å²) in [6, 6.07) is 6.15. The molecule has 1 unspecified atom stereocenters. The lowest BCUT2D eigenvalue weighted by Gasteiger charge is -2.33. The third-order valence-corrected chi connectivity index (χ3v) is 5.25. The van der Waals surface area contributed by atoms with Gasteiger partial charge in [0.25, 0.3) is 0 Å². The molecule has 3 rings (SSSR count). The molecule has 0 aromatic carbocycles. The van der Waals surface area contributed by atoms with Gasteiger partial charge in [0, 0.05) is 52.7 Å². The zero-order valence-corrected chi connectivity index (χ0v) is 16.3. The molecule has 2 N–H and O–H groups in total. The van der Waals surface area contributed by atoms with Gasteiger partial charge in [-0.05, 0) is 29.9 Å². The van der Waals surface area contributed by atoms with E-state index in [0.29, 0.717) is 23.7 Å². The molecule has 1 aliphatic rings. The van der Waals surface area contributed by atoms with Crippen molar-refractivity contribution in [3.8, 4) is 6.07 Å². The third kappa shape index (κ3) is 4.24. The number of hydrogen-bond acceptors (Lipinski definition) is 7. The summed E-state index contributed by atoms with van der Waals surface area (Å²) in [5, 5.41) is 20.9. The first-order chi connectivity index (χ1) is 13.0. The highest BCUT2D eigenvalue weighted by atomic mass is 32.1. The van der Waals surface area contributed by atoms with Gasteiger partial charge in [-0.25, -0.2) is 0 Å². The fourth-order valence-corrected chi connectivity index (χ4v) is 3.36. The predicted molar refractivity (Wildman–Crippen MR) is 104 cm³/mol. The highest BCUT2D eigenvalue weighted by molar-refractivity contribution is 7.71. The van der Waals surface area contributed by atoms with E-state index in [1.807, 2.05) is 12.1 Å². The maximum atomic E-state index is 9.47. The number of aromatic nitrogens is 3. The summed E-state index contributed by atoms with van der Waals surface area (Å²) in [6.45, 7) is 3.72. The number of pyridine rings is 1. The number of hydrogen-bond donors (Lipinski definition) is 2. The van der Waals surface area contributed by atoms with E-state index in [1.165, 1.54) is 10.1 Å². The Morgan fingerprint density at radius 1 is 1.37 bits per heavy atom. The zero-order valence-electron chi connectivity index (χ0n) is 15.5. The molecule has 2 aromatic heterocycles. The summed E-state index contributed by atoms with van der Waals surface area (Å²) >= 11 is 5.35. The van der Waals surface area contributed by atoms with Crippen LogP contribution in [0.15, 0.2) is 24.5 Å². The quantitative estimate of drug-likeness (QED) is 0.750. The van der Waals surface area contributed by atoms with Crippen LogP contribution in [0, 0.1) is 21.5 Å². The van der Waals surface area contributed by atoms with Crippen molar-refractivity contribution >= 4 is 18.0 Å². The maximum absolute atomic E-state index is 9.47. The fraction of sp³-hybridized carbons (Fsp3) is 0.444. The molecule has 1 atom stereocenters. The number of anilines is 1. The second-order valence-corrected chi connectivity index (χ2v) is 6.91. The Labute approximate surface area is 163 Å². The summed E-state index contributed by atoms with van der Waals surface area (Å²) in [5.74, 6) is 0.556. The molecule has 0 aliphatic carbocycles. The van der Waals surface area contributed by atoms with Gasteiger partial charge in [-0.1, -0.05) is 0 Å². The molecule has 142 valence electrons. The van der Waals surface area contributed by atoms with E-state index in [9.17, 15) is 5.26 Å². The second-order valence-electron chi connectivity index (χ2n) is 6.55. The minimum absolute atomic E-state index is 0.0103. The third-order valence-electron chi connectivity index (χ3n) is 4.71. The van der Waals surface area contributed by atoms with Gasteiger partial charge in [-0.3, -0.25) is 15.3 Å². The van der Waals surface area contributed by atoms with Crippen molar-refractivity contribution in [3.63, 3.8) is 0 Å². The lowest BCUT2D eigenvalue weighted by atomic mass is 10.2. The van der Waals surface area contributed by atoms with Crippen LogP contribution in [-0.4, -0.2) is 51.4 Å². The van der Waals surface area contributed by atoms with Crippen molar-refractivity contribution < 1.29 is 4.74 Å². The summed E-state index contributed by atoms with van der Waals surface area (Å²) < 4.78 is 9.60. The van der Waals surface area contributed by atoms with E-state index < -0.39 is 0 Å². The molecular formula is C18H23N7OS. The van der Waals surface area contributed by atoms with Crippen molar-refractivity contribution in [1.82, 2.24) is 19.0 Å². The molecule has 9 heteroatoms. The first kappa shape index (κ1) is 19.2. The molecule has 3 heterocycles. The van der Waals surface area contributed by atoms with E-state index in [0.717, 1.165) is 19.6 Å². The molecule has 2 aromatic rings. The molecule has 1 fully saturated rings. The summed E-state index contributed by atoms with van der Waals surface area (Å²) in [6.07, 6.45) is 3.60. The molecule has 8 nitrogen and oxygen atoms in total. The van der Waals surface area contributed by atoms with Gasteiger partial charge in [-0.15, -0.1) is 0 Å². The Morgan fingerprint density at radius 2 is 2.11 bits per heavy atom. The van der Waals surface area contributed by atoms with Crippen LogP contribution in [0.2, 0.25) is 0 Å². The Kier molecular flexibility index (Phi) is 6.01. The smallest absolute Gasteiger partial charge is 0.182 e. The van der Waals surface area contributed by atoms with Crippen LogP contribution in [0.1, 0.15) is 11.1 Å². The maximum Gasteiger partial charge on any atom is 0.182 e. The summed E-state index contributed by atoms with van der Waals surface area (Å²) in [5.41, 5.74) is 1.60. The van der Waals surface area contributed by atoms with Gasteiger partial charge in [-0.2, -0.15) is 5.26 Å². The van der Waals surface area contributed by atoms with Gasteiger partial charge in [0.15, 0.2) is 4.77 Å². The van der Waals surface area contributed by atoms with Crippen LogP contribution < -0.4 is 10.8 Å². The van der Waals surface area contributed by atoms with E-state index in [2.05, 4.69) is 21.3 Å². The van der Waals surface area contributed by atoms with Crippen LogP contribution in [0.5, 0.6) is 0 Å². The first-order valence-corrected chi connectivity index (χ1v) is 9.13. The summed E-state index contributed by atoms with van der Waals surface area (Å²) in [7, 11) is 3.49.